The second kappa shape index (κ2) is 6.68. The van der Waals surface area contributed by atoms with Gasteiger partial charge < -0.3 is 4.90 Å². The van der Waals surface area contributed by atoms with Crippen molar-refractivity contribution in [3.8, 4) is 0 Å². The Morgan fingerprint density at radius 3 is 2.89 bits per heavy atom. The number of aromatic amines is 1. The lowest BCUT2D eigenvalue weighted by atomic mass is 10.1. The van der Waals surface area contributed by atoms with Crippen LogP contribution < -0.4 is 5.56 Å². The van der Waals surface area contributed by atoms with Gasteiger partial charge in [-0.2, -0.15) is 5.10 Å². The lowest BCUT2D eigenvalue weighted by Gasteiger charge is -2.18. The van der Waals surface area contributed by atoms with Crippen LogP contribution in [0.3, 0.4) is 0 Å². The van der Waals surface area contributed by atoms with Crippen molar-refractivity contribution in [1.29, 1.82) is 0 Å². The molecule has 1 saturated heterocycles. The SMILES string of the molecule is Cc1cnn(C2CCN(C(=O)CCc3c(C)nc4cc(=O)[nH]n4c3C)C2)c1. The number of rotatable bonds is 4. The van der Waals surface area contributed by atoms with Crippen LogP contribution in [0, 0.1) is 20.8 Å². The molecule has 1 atom stereocenters. The minimum Gasteiger partial charge on any atom is -0.340 e. The van der Waals surface area contributed by atoms with Gasteiger partial charge >= 0.3 is 0 Å². The number of carbonyl (C=O) groups excluding carboxylic acids is 1. The highest BCUT2D eigenvalue weighted by Crippen LogP contribution is 2.23. The summed E-state index contributed by atoms with van der Waals surface area (Å²) >= 11 is 0. The Hall–Kier alpha value is -2.90. The van der Waals surface area contributed by atoms with Crippen molar-refractivity contribution in [2.75, 3.05) is 13.1 Å². The molecule has 27 heavy (non-hydrogen) atoms. The molecule has 0 radical (unpaired) electrons. The number of aromatic nitrogens is 5. The number of H-pyrrole nitrogens is 1. The molecule has 1 amide bonds. The Kier molecular flexibility index (Phi) is 4.33. The minimum absolute atomic E-state index is 0.154. The van der Waals surface area contributed by atoms with Gasteiger partial charge in [0.2, 0.25) is 5.91 Å². The fourth-order valence-corrected chi connectivity index (χ4v) is 3.92. The van der Waals surface area contributed by atoms with Crippen molar-refractivity contribution < 1.29 is 4.79 Å². The molecular weight excluding hydrogens is 344 g/mol. The molecule has 142 valence electrons. The zero-order valence-corrected chi connectivity index (χ0v) is 15.9. The van der Waals surface area contributed by atoms with E-state index in [-0.39, 0.29) is 17.5 Å². The first-order chi connectivity index (χ1) is 12.9. The number of aryl methyl sites for hydroxylation is 3. The molecule has 0 aromatic carbocycles. The largest absolute Gasteiger partial charge is 0.340 e. The topological polar surface area (TPSA) is 88.3 Å². The summed E-state index contributed by atoms with van der Waals surface area (Å²) < 4.78 is 3.66. The van der Waals surface area contributed by atoms with Gasteiger partial charge in [0.05, 0.1) is 12.2 Å². The molecule has 4 rings (SSSR count). The summed E-state index contributed by atoms with van der Waals surface area (Å²) in [5, 5.41) is 7.13. The van der Waals surface area contributed by atoms with Crippen LogP contribution in [0.15, 0.2) is 23.3 Å². The van der Waals surface area contributed by atoms with Crippen LogP contribution in [0.1, 0.15) is 41.4 Å². The average molecular weight is 368 g/mol. The van der Waals surface area contributed by atoms with E-state index in [4.69, 9.17) is 0 Å². The van der Waals surface area contributed by atoms with E-state index in [1.807, 2.05) is 42.7 Å². The van der Waals surface area contributed by atoms with E-state index in [2.05, 4.69) is 15.2 Å². The van der Waals surface area contributed by atoms with Crippen molar-refractivity contribution in [2.45, 2.75) is 46.1 Å². The molecule has 0 bridgehead atoms. The lowest BCUT2D eigenvalue weighted by molar-refractivity contribution is -0.130. The standard InChI is InChI=1S/C19H24N6O2/c1-12-9-20-24(10-12)15-6-7-23(11-15)19(27)5-4-16-13(2)21-17-8-18(26)22-25(17)14(16)3/h8-10,15H,4-7,11H2,1-3H3,(H,22,26). The van der Waals surface area contributed by atoms with Gasteiger partial charge in [-0.3, -0.25) is 19.4 Å². The van der Waals surface area contributed by atoms with Crippen LogP contribution in [0.5, 0.6) is 0 Å². The summed E-state index contributed by atoms with van der Waals surface area (Å²) in [4.78, 5) is 30.7. The maximum atomic E-state index is 12.7. The first-order valence-electron chi connectivity index (χ1n) is 9.29. The molecule has 1 unspecified atom stereocenters. The Morgan fingerprint density at radius 1 is 1.33 bits per heavy atom. The van der Waals surface area contributed by atoms with Crippen LogP contribution in [0.2, 0.25) is 0 Å². The van der Waals surface area contributed by atoms with Gasteiger partial charge in [0.1, 0.15) is 0 Å². The number of fused-ring (bicyclic) bond motifs is 1. The molecule has 0 saturated carbocycles. The summed E-state index contributed by atoms with van der Waals surface area (Å²) in [7, 11) is 0. The van der Waals surface area contributed by atoms with Crippen LogP contribution in [0.4, 0.5) is 0 Å². The number of carbonyl (C=O) groups is 1. The zero-order valence-electron chi connectivity index (χ0n) is 15.9. The second-order valence-electron chi connectivity index (χ2n) is 7.36. The fourth-order valence-electron chi connectivity index (χ4n) is 3.92. The van der Waals surface area contributed by atoms with E-state index in [1.165, 1.54) is 6.07 Å². The third kappa shape index (κ3) is 3.27. The molecule has 0 aliphatic carbocycles. The monoisotopic (exact) mass is 368 g/mol. The van der Waals surface area contributed by atoms with Crippen LogP contribution >= 0.6 is 0 Å². The van der Waals surface area contributed by atoms with Gasteiger partial charge in [0.25, 0.3) is 5.56 Å². The van der Waals surface area contributed by atoms with Crippen LogP contribution in [-0.4, -0.2) is 48.3 Å². The molecule has 1 fully saturated rings. The number of hydrogen-bond donors (Lipinski definition) is 1. The molecule has 1 aliphatic rings. The maximum Gasteiger partial charge on any atom is 0.266 e. The third-order valence-corrected chi connectivity index (χ3v) is 5.41. The van der Waals surface area contributed by atoms with Gasteiger partial charge in [-0.25, -0.2) is 9.50 Å². The lowest BCUT2D eigenvalue weighted by Crippen LogP contribution is -2.29. The summed E-state index contributed by atoms with van der Waals surface area (Å²) in [6.07, 6.45) is 5.87. The van der Waals surface area contributed by atoms with Crippen molar-refractivity contribution in [2.24, 2.45) is 0 Å². The van der Waals surface area contributed by atoms with E-state index in [0.29, 0.717) is 25.0 Å². The Morgan fingerprint density at radius 2 is 2.15 bits per heavy atom. The number of amides is 1. The molecule has 3 aromatic rings. The maximum absolute atomic E-state index is 12.7. The highest BCUT2D eigenvalue weighted by Gasteiger charge is 2.27. The first kappa shape index (κ1) is 17.5. The molecule has 0 spiro atoms. The Labute approximate surface area is 156 Å². The van der Waals surface area contributed by atoms with E-state index in [1.54, 1.807) is 4.52 Å². The Balaban J connectivity index is 1.44. The van der Waals surface area contributed by atoms with Crippen molar-refractivity contribution in [3.63, 3.8) is 0 Å². The highest BCUT2D eigenvalue weighted by atomic mass is 16.2. The molecule has 8 heteroatoms. The van der Waals surface area contributed by atoms with E-state index in [0.717, 1.165) is 35.5 Å². The Bertz CT molecular complexity index is 1060. The van der Waals surface area contributed by atoms with Crippen LogP contribution in [-0.2, 0) is 11.2 Å². The molecular formula is C19H24N6O2. The van der Waals surface area contributed by atoms with Crippen LogP contribution in [0.25, 0.3) is 5.65 Å². The first-order valence-corrected chi connectivity index (χ1v) is 9.29. The van der Waals surface area contributed by atoms with Crippen molar-refractivity contribution >= 4 is 11.6 Å². The fraction of sp³-hybridized carbons (Fsp3) is 0.474. The summed E-state index contributed by atoms with van der Waals surface area (Å²) in [5.74, 6) is 0.154. The van der Waals surface area contributed by atoms with E-state index >= 15 is 0 Å². The molecule has 3 aromatic heterocycles. The molecule has 4 heterocycles. The number of nitrogens with zero attached hydrogens (tertiary/aromatic N) is 5. The second-order valence-corrected chi connectivity index (χ2v) is 7.36. The number of hydrogen-bond acceptors (Lipinski definition) is 4. The predicted molar refractivity (Wildman–Crippen MR) is 101 cm³/mol. The molecule has 8 nitrogen and oxygen atoms in total. The van der Waals surface area contributed by atoms with Crippen molar-refractivity contribution in [3.05, 3.63) is 51.3 Å². The van der Waals surface area contributed by atoms with E-state index in [9.17, 15) is 9.59 Å². The number of likely N-dealkylation sites (tertiary alicyclic amines) is 1. The van der Waals surface area contributed by atoms with E-state index < -0.39 is 0 Å². The quantitative estimate of drug-likeness (QED) is 0.757. The average Bonchev–Trinajstić information content (AvgIpc) is 3.33. The summed E-state index contributed by atoms with van der Waals surface area (Å²) in [5.41, 5.74) is 4.39. The third-order valence-electron chi connectivity index (χ3n) is 5.41. The smallest absolute Gasteiger partial charge is 0.266 e. The predicted octanol–water partition coefficient (Wildman–Crippen LogP) is 1.55. The van der Waals surface area contributed by atoms with Gasteiger partial charge in [-0.05, 0) is 44.7 Å². The van der Waals surface area contributed by atoms with Gasteiger partial charge in [-0.1, -0.05) is 0 Å². The summed E-state index contributed by atoms with van der Waals surface area (Å²) in [6.45, 7) is 7.37. The highest BCUT2D eigenvalue weighted by molar-refractivity contribution is 5.76. The van der Waals surface area contributed by atoms with Crippen molar-refractivity contribution in [1.82, 2.24) is 29.3 Å². The minimum atomic E-state index is -0.171. The molecule has 1 N–H and O–H groups in total. The normalized spacial score (nSPS) is 17.1. The zero-order chi connectivity index (χ0) is 19.1. The number of nitrogens with one attached hydrogen (secondary N) is 1. The molecule has 1 aliphatic heterocycles. The van der Waals surface area contributed by atoms with Gasteiger partial charge in [-0.15, -0.1) is 0 Å². The van der Waals surface area contributed by atoms with Gasteiger partial charge in [0.15, 0.2) is 5.65 Å². The van der Waals surface area contributed by atoms with Gasteiger partial charge in [0, 0.05) is 43.2 Å². The summed E-state index contributed by atoms with van der Waals surface area (Å²) in [6, 6.07) is 1.74.